The van der Waals surface area contributed by atoms with Crippen LogP contribution in [0, 0.1) is 6.92 Å². The van der Waals surface area contributed by atoms with Crippen molar-refractivity contribution in [3.63, 3.8) is 0 Å². The zero-order chi connectivity index (χ0) is 20.9. The Morgan fingerprint density at radius 2 is 1.79 bits per heavy atom. The Morgan fingerprint density at radius 3 is 2.43 bits per heavy atom. The molecule has 150 valence electrons. The van der Waals surface area contributed by atoms with Crippen LogP contribution < -0.4 is 15.4 Å². The van der Waals surface area contributed by atoms with E-state index in [1.165, 1.54) is 0 Å². The molecule has 0 aliphatic heterocycles. The van der Waals surface area contributed by atoms with Crippen LogP contribution in [0.15, 0.2) is 42.5 Å². The van der Waals surface area contributed by atoms with Crippen LogP contribution >= 0.6 is 0 Å². The van der Waals surface area contributed by atoms with Gasteiger partial charge >= 0.3 is 6.09 Å². The topological polar surface area (TPSA) is 76.7 Å². The number of methoxy groups -OCH3 is 1. The van der Waals surface area contributed by atoms with Gasteiger partial charge in [0, 0.05) is 16.8 Å². The third-order valence-corrected chi connectivity index (χ3v) is 3.97. The van der Waals surface area contributed by atoms with Gasteiger partial charge in [-0.15, -0.1) is 0 Å². The molecule has 0 heterocycles. The molecule has 6 heteroatoms. The summed E-state index contributed by atoms with van der Waals surface area (Å²) in [6.07, 6.45) is -0.567. The highest BCUT2D eigenvalue weighted by Crippen LogP contribution is 2.26. The SMILES string of the molecule is COc1ccc(C)cc1[C@@H](C)NC(=O)c1cccc(NC(=O)OC(C)(C)C)c1. The number of anilines is 1. The van der Waals surface area contributed by atoms with Crippen LogP contribution in [0.4, 0.5) is 10.5 Å². The normalized spacial score (nSPS) is 12.1. The van der Waals surface area contributed by atoms with Gasteiger partial charge in [-0.25, -0.2) is 4.79 Å². The highest BCUT2D eigenvalue weighted by atomic mass is 16.6. The summed E-state index contributed by atoms with van der Waals surface area (Å²) in [7, 11) is 1.61. The molecule has 28 heavy (non-hydrogen) atoms. The van der Waals surface area contributed by atoms with Gasteiger partial charge in [0.1, 0.15) is 11.4 Å². The fourth-order valence-electron chi connectivity index (χ4n) is 2.71. The zero-order valence-electron chi connectivity index (χ0n) is 17.3. The summed E-state index contributed by atoms with van der Waals surface area (Å²) >= 11 is 0. The number of rotatable bonds is 5. The van der Waals surface area contributed by atoms with E-state index in [2.05, 4.69) is 10.6 Å². The van der Waals surface area contributed by atoms with Crippen molar-refractivity contribution in [3.05, 3.63) is 59.2 Å². The van der Waals surface area contributed by atoms with Crippen molar-refractivity contribution < 1.29 is 19.1 Å². The van der Waals surface area contributed by atoms with Crippen molar-refractivity contribution in [1.82, 2.24) is 5.32 Å². The van der Waals surface area contributed by atoms with Crippen molar-refractivity contribution in [2.45, 2.75) is 46.3 Å². The van der Waals surface area contributed by atoms with Crippen LogP contribution in [0.2, 0.25) is 0 Å². The van der Waals surface area contributed by atoms with Gasteiger partial charge in [0.25, 0.3) is 5.91 Å². The Morgan fingerprint density at radius 1 is 1.07 bits per heavy atom. The summed E-state index contributed by atoms with van der Waals surface area (Å²) in [6, 6.07) is 12.3. The Hall–Kier alpha value is -3.02. The third-order valence-electron chi connectivity index (χ3n) is 3.97. The van der Waals surface area contributed by atoms with E-state index in [-0.39, 0.29) is 11.9 Å². The molecule has 2 amide bonds. The van der Waals surface area contributed by atoms with Crippen LogP contribution in [0.25, 0.3) is 0 Å². The molecule has 2 aromatic rings. The number of carbonyl (C=O) groups is 2. The van der Waals surface area contributed by atoms with Crippen LogP contribution in [0.5, 0.6) is 5.75 Å². The summed E-state index contributed by atoms with van der Waals surface area (Å²) in [6.45, 7) is 9.26. The second kappa shape index (κ2) is 8.78. The molecule has 2 aromatic carbocycles. The molecule has 0 aliphatic rings. The van der Waals surface area contributed by atoms with Gasteiger partial charge in [0.15, 0.2) is 0 Å². The number of benzene rings is 2. The molecular weight excluding hydrogens is 356 g/mol. The third kappa shape index (κ3) is 6.01. The smallest absolute Gasteiger partial charge is 0.412 e. The Bertz CT molecular complexity index is 856. The minimum Gasteiger partial charge on any atom is -0.496 e. The molecule has 1 atom stereocenters. The predicted octanol–water partition coefficient (Wildman–Crippen LogP) is 4.84. The highest BCUT2D eigenvalue weighted by Gasteiger charge is 2.18. The van der Waals surface area contributed by atoms with Crippen molar-refractivity contribution in [3.8, 4) is 5.75 Å². The van der Waals surface area contributed by atoms with E-state index >= 15 is 0 Å². The maximum atomic E-state index is 12.7. The standard InChI is InChI=1S/C22H28N2O4/c1-14-10-11-19(27-6)18(12-14)15(2)23-20(25)16-8-7-9-17(13-16)24-21(26)28-22(3,4)5/h7-13,15H,1-6H3,(H,23,25)(H,24,26)/t15-/m1/s1. The second-order valence-corrected chi connectivity index (χ2v) is 7.65. The molecule has 6 nitrogen and oxygen atoms in total. The molecule has 0 saturated heterocycles. The molecule has 0 bridgehead atoms. The molecule has 2 rings (SSSR count). The van der Waals surface area contributed by atoms with E-state index in [1.54, 1.807) is 52.1 Å². The predicted molar refractivity (Wildman–Crippen MR) is 110 cm³/mol. The first-order valence-corrected chi connectivity index (χ1v) is 9.14. The number of nitrogens with one attached hydrogen (secondary N) is 2. The van der Waals surface area contributed by atoms with Crippen molar-refractivity contribution in [1.29, 1.82) is 0 Å². The number of ether oxygens (including phenoxy) is 2. The van der Waals surface area contributed by atoms with Crippen molar-refractivity contribution in [2.24, 2.45) is 0 Å². The molecule has 2 N–H and O–H groups in total. The average molecular weight is 384 g/mol. The molecule has 0 spiro atoms. The Kier molecular flexibility index (Phi) is 6.67. The minimum absolute atomic E-state index is 0.246. The first kappa shape index (κ1) is 21.3. The van der Waals surface area contributed by atoms with Crippen LogP contribution in [-0.4, -0.2) is 24.7 Å². The lowest BCUT2D eigenvalue weighted by atomic mass is 10.0. The maximum absolute atomic E-state index is 12.7. The zero-order valence-corrected chi connectivity index (χ0v) is 17.3. The molecule has 0 saturated carbocycles. The summed E-state index contributed by atoms with van der Waals surface area (Å²) in [5.41, 5.74) is 2.32. The van der Waals surface area contributed by atoms with E-state index in [0.717, 1.165) is 16.9 Å². The first-order chi connectivity index (χ1) is 13.1. The summed E-state index contributed by atoms with van der Waals surface area (Å²) in [4.78, 5) is 24.6. The van der Waals surface area contributed by atoms with Gasteiger partial charge < -0.3 is 14.8 Å². The van der Waals surface area contributed by atoms with E-state index in [1.807, 2.05) is 32.0 Å². The second-order valence-electron chi connectivity index (χ2n) is 7.65. The fraction of sp³-hybridized carbons (Fsp3) is 0.364. The van der Waals surface area contributed by atoms with Crippen LogP contribution in [0.3, 0.4) is 0 Å². The highest BCUT2D eigenvalue weighted by molar-refractivity contribution is 5.96. The number of amides is 2. The quantitative estimate of drug-likeness (QED) is 0.773. The summed E-state index contributed by atoms with van der Waals surface area (Å²) in [5.74, 6) is 0.475. The lowest BCUT2D eigenvalue weighted by Crippen LogP contribution is -2.28. The largest absolute Gasteiger partial charge is 0.496 e. The van der Waals surface area contributed by atoms with E-state index in [4.69, 9.17) is 9.47 Å². The van der Waals surface area contributed by atoms with Crippen LogP contribution in [0.1, 0.15) is 55.2 Å². The van der Waals surface area contributed by atoms with E-state index in [9.17, 15) is 9.59 Å². The number of carbonyl (C=O) groups excluding carboxylic acids is 2. The van der Waals surface area contributed by atoms with Gasteiger partial charge in [-0.05, 0) is 58.9 Å². The van der Waals surface area contributed by atoms with Gasteiger partial charge in [0.2, 0.25) is 0 Å². The maximum Gasteiger partial charge on any atom is 0.412 e. The fourth-order valence-corrected chi connectivity index (χ4v) is 2.71. The Balaban J connectivity index is 2.11. The minimum atomic E-state index is -0.596. The van der Waals surface area contributed by atoms with Gasteiger partial charge in [-0.2, -0.15) is 0 Å². The van der Waals surface area contributed by atoms with Gasteiger partial charge in [0.05, 0.1) is 13.2 Å². The molecule has 0 radical (unpaired) electrons. The average Bonchev–Trinajstić information content (AvgIpc) is 2.60. The van der Waals surface area contributed by atoms with Gasteiger partial charge in [-0.3, -0.25) is 10.1 Å². The van der Waals surface area contributed by atoms with E-state index in [0.29, 0.717) is 11.3 Å². The molecule has 0 aromatic heterocycles. The lowest BCUT2D eigenvalue weighted by molar-refractivity contribution is 0.0635. The monoisotopic (exact) mass is 384 g/mol. The number of hydrogen-bond acceptors (Lipinski definition) is 4. The Labute approximate surface area is 166 Å². The lowest BCUT2D eigenvalue weighted by Gasteiger charge is -2.20. The number of hydrogen-bond donors (Lipinski definition) is 2. The molecule has 0 unspecified atom stereocenters. The molecule has 0 fully saturated rings. The van der Waals surface area contributed by atoms with Crippen molar-refractivity contribution in [2.75, 3.05) is 12.4 Å². The van der Waals surface area contributed by atoms with Crippen LogP contribution in [-0.2, 0) is 4.74 Å². The number of aryl methyl sites for hydroxylation is 1. The van der Waals surface area contributed by atoms with Gasteiger partial charge in [-0.1, -0.05) is 23.8 Å². The summed E-state index contributed by atoms with van der Waals surface area (Å²) in [5, 5.41) is 5.61. The first-order valence-electron chi connectivity index (χ1n) is 9.14. The molecular formula is C22H28N2O4. The summed E-state index contributed by atoms with van der Waals surface area (Å²) < 4.78 is 10.6. The van der Waals surface area contributed by atoms with Crippen molar-refractivity contribution >= 4 is 17.7 Å². The molecule has 0 aliphatic carbocycles. The van der Waals surface area contributed by atoms with E-state index < -0.39 is 11.7 Å².